The fourth-order valence-electron chi connectivity index (χ4n) is 5.08. The Morgan fingerprint density at radius 3 is 2.10 bits per heavy atom. The number of carboxylic acids is 2. The highest BCUT2D eigenvalue weighted by Crippen LogP contribution is 2.50. The van der Waals surface area contributed by atoms with Gasteiger partial charge in [0.2, 0.25) is 0 Å². The number of alkyl halides is 6. The van der Waals surface area contributed by atoms with Gasteiger partial charge in [-0.05, 0) is 72.7 Å². The minimum absolute atomic E-state index is 0.308. The van der Waals surface area contributed by atoms with Crippen LogP contribution in [0.5, 0.6) is 0 Å². The van der Waals surface area contributed by atoms with Gasteiger partial charge in [-0.2, -0.15) is 26.3 Å². The topological polar surface area (TPSA) is 116 Å². The van der Waals surface area contributed by atoms with Crippen molar-refractivity contribution in [2.45, 2.75) is 56.2 Å². The van der Waals surface area contributed by atoms with E-state index >= 15 is 0 Å². The number of nitrogens with zero attached hydrogens (tertiary/aromatic N) is 2. The Kier molecular flexibility index (Phi) is 10.7. The predicted octanol–water partition coefficient (Wildman–Crippen LogP) is 5.71. The summed E-state index contributed by atoms with van der Waals surface area (Å²) in [6.07, 6.45) is -0.941. The Bertz CT molecular complexity index is 1270. The summed E-state index contributed by atoms with van der Waals surface area (Å²) in [7, 11) is 0. The molecule has 0 amide bonds. The van der Waals surface area contributed by atoms with Crippen LogP contribution in [-0.4, -0.2) is 57.5 Å². The summed E-state index contributed by atoms with van der Waals surface area (Å²) >= 11 is 0. The van der Waals surface area contributed by atoms with Crippen LogP contribution in [0.2, 0.25) is 0 Å². The van der Waals surface area contributed by atoms with E-state index in [9.17, 15) is 26.3 Å². The normalized spacial score (nSPS) is 17.8. The van der Waals surface area contributed by atoms with E-state index in [1.165, 1.54) is 30.4 Å². The molecule has 3 heterocycles. The zero-order valence-corrected chi connectivity index (χ0v) is 22.2. The third-order valence-electron chi connectivity index (χ3n) is 7.03. The Morgan fingerprint density at radius 1 is 0.952 bits per heavy atom. The van der Waals surface area contributed by atoms with E-state index in [1.807, 2.05) is 30.6 Å². The smallest absolute Gasteiger partial charge is 0.475 e. The molecule has 1 fully saturated rings. The van der Waals surface area contributed by atoms with Crippen molar-refractivity contribution in [2.24, 2.45) is 0 Å². The second kappa shape index (κ2) is 13.8. The van der Waals surface area contributed by atoms with Gasteiger partial charge in [0.25, 0.3) is 0 Å². The van der Waals surface area contributed by atoms with Gasteiger partial charge in [0.05, 0.1) is 12.8 Å². The van der Waals surface area contributed by atoms with Gasteiger partial charge in [-0.15, -0.1) is 0 Å². The largest absolute Gasteiger partial charge is 0.490 e. The van der Waals surface area contributed by atoms with Crippen molar-refractivity contribution in [1.82, 2.24) is 15.2 Å². The van der Waals surface area contributed by atoms with Gasteiger partial charge < -0.3 is 19.9 Å². The number of likely N-dealkylation sites (tertiary alicyclic amines) is 1. The van der Waals surface area contributed by atoms with Crippen LogP contribution >= 0.6 is 0 Å². The number of aromatic nitrogens is 1. The third-order valence-corrected chi connectivity index (χ3v) is 7.03. The number of aliphatic carboxylic acids is 2. The van der Waals surface area contributed by atoms with E-state index in [1.54, 1.807) is 11.8 Å². The maximum Gasteiger partial charge on any atom is 0.490 e. The molecule has 0 radical (unpaired) electrons. The summed E-state index contributed by atoms with van der Waals surface area (Å²) in [6, 6.07) is 17.7. The molecule has 1 unspecified atom stereocenters. The first-order valence-electron chi connectivity index (χ1n) is 12.8. The average Bonchev–Trinajstić information content (AvgIpc) is 3.56. The molecule has 2 aliphatic rings. The summed E-state index contributed by atoms with van der Waals surface area (Å²) in [5.74, 6) is -4.51. The van der Waals surface area contributed by atoms with E-state index in [4.69, 9.17) is 24.2 Å². The average molecular weight is 602 g/mol. The lowest BCUT2D eigenvalue weighted by Gasteiger charge is -2.40. The maximum absolute atomic E-state index is 10.6. The number of carbonyl (C=O) groups is 2. The second-order valence-corrected chi connectivity index (χ2v) is 9.83. The van der Waals surface area contributed by atoms with Gasteiger partial charge in [-0.25, -0.2) is 9.59 Å². The van der Waals surface area contributed by atoms with Crippen LogP contribution in [0.25, 0.3) is 0 Å². The number of rotatable bonds is 5. The van der Waals surface area contributed by atoms with Crippen LogP contribution < -0.4 is 5.32 Å². The van der Waals surface area contributed by atoms with E-state index in [2.05, 4.69) is 45.5 Å². The number of nitrogens with one attached hydrogen (secondary N) is 1. The van der Waals surface area contributed by atoms with Crippen LogP contribution in [0.1, 0.15) is 47.8 Å². The molecule has 3 aromatic rings. The quantitative estimate of drug-likeness (QED) is 0.319. The van der Waals surface area contributed by atoms with Crippen LogP contribution in [-0.2, 0) is 28.1 Å². The van der Waals surface area contributed by atoms with Crippen molar-refractivity contribution in [3.63, 3.8) is 0 Å². The zero-order chi connectivity index (χ0) is 31.0. The van der Waals surface area contributed by atoms with Crippen LogP contribution in [0.15, 0.2) is 71.6 Å². The minimum Gasteiger partial charge on any atom is -0.475 e. The first kappa shape index (κ1) is 32.6. The number of halogens is 6. The molecule has 42 heavy (non-hydrogen) atoms. The zero-order valence-electron chi connectivity index (χ0n) is 22.2. The molecule has 1 atom stereocenters. The van der Waals surface area contributed by atoms with Crippen molar-refractivity contribution in [3.8, 4) is 0 Å². The summed E-state index contributed by atoms with van der Waals surface area (Å²) in [5, 5.41) is 18.0. The summed E-state index contributed by atoms with van der Waals surface area (Å²) in [6.45, 7) is 4.09. The SMILES string of the molecule is O=C(O)C(F)(F)F.O=C(O)C(F)(F)F.c1cncc(CN2CCC3(CC2)CC(NCc2ccco2)c2ccccc23)c1. The van der Waals surface area contributed by atoms with Gasteiger partial charge in [0, 0.05) is 25.0 Å². The van der Waals surface area contributed by atoms with E-state index in [0.717, 1.165) is 31.9 Å². The van der Waals surface area contributed by atoms with E-state index in [-0.39, 0.29) is 0 Å². The number of fused-ring (bicyclic) bond motifs is 2. The van der Waals surface area contributed by atoms with E-state index < -0.39 is 24.3 Å². The molecular formula is C28H29F6N3O5. The number of benzene rings is 1. The number of piperidine rings is 1. The monoisotopic (exact) mass is 601 g/mol. The summed E-state index contributed by atoms with van der Waals surface area (Å²) in [5.41, 5.74) is 4.66. The van der Waals surface area contributed by atoms with Crippen molar-refractivity contribution in [2.75, 3.05) is 13.1 Å². The Hall–Kier alpha value is -3.91. The number of pyridine rings is 1. The van der Waals surface area contributed by atoms with Crippen molar-refractivity contribution in [3.05, 3.63) is 89.6 Å². The number of furan rings is 1. The fraction of sp³-hybridized carbons (Fsp3) is 0.393. The highest BCUT2D eigenvalue weighted by molar-refractivity contribution is 5.73. The summed E-state index contributed by atoms with van der Waals surface area (Å²) in [4.78, 5) is 24.6. The molecule has 5 rings (SSSR count). The van der Waals surface area contributed by atoms with E-state index in [0.29, 0.717) is 11.5 Å². The van der Waals surface area contributed by atoms with Gasteiger partial charge >= 0.3 is 24.3 Å². The van der Waals surface area contributed by atoms with Crippen LogP contribution in [0, 0.1) is 0 Å². The maximum atomic E-state index is 10.6. The second-order valence-electron chi connectivity index (χ2n) is 9.83. The first-order chi connectivity index (χ1) is 19.7. The Morgan fingerprint density at radius 2 is 1.57 bits per heavy atom. The molecule has 3 N–H and O–H groups in total. The predicted molar refractivity (Wildman–Crippen MR) is 137 cm³/mol. The minimum atomic E-state index is -5.08. The molecule has 0 saturated carbocycles. The fourth-order valence-corrected chi connectivity index (χ4v) is 5.08. The highest BCUT2D eigenvalue weighted by Gasteiger charge is 2.45. The van der Waals surface area contributed by atoms with Crippen molar-refractivity contribution in [1.29, 1.82) is 0 Å². The molecule has 2 aromatic heterocycles. The molecule has 228 valence electrons. The third kappa shape index (κ3) is 9.05. The van der Waals surface area contributed by atoms with Crippen LogP contribution in [0.4, 0.5) is 26.3 Å². The lowest BCUT2D eigenvalue weighted by molar-refractivity contribution is -0.193. The molecule has 1 aromatic carbocycles. The molecule has 1 saturated heterocycles. The summed E-state index contributed by atoms with van der Waals surface area (Å²) < 4.78 is 69.0. The standard InChI is InChI=1S/C24H27N3O.2C2HF3O2/c1-2-8-22-21(7-1)23(26-17-20-6-4-14-28-20)15-24(22)9-12-27(13-10-24)18-19-5-3-11-25-16-19;2*3-2(4,5)1(6)7/h1-8,11,14,16,23,26H,9-10,12-13,15,17-18H2;2*(H,6,7). The Labute approximate surface area is 237 Å². The first-order valence-corrected chi connectivity index (χ1v) is 12.8. The molecule has 0 bridgehead atoms. The molecular weight excluding hydrogens is 572 g/mol. The highest BCUT2D eigenvalue weighted by atomic mass is 19.4. The van der Waals surface area contributed by atoms with Crippen LogP contribution in [0.3, 0.4) is 0 Å². The molecule has 1 aliphatic carbocycles. The Balaban J connectivity index is 0.000000289. The van der Waals surface area contributed by atoms with Gasteiger partial charge in [0.15, 0.2) is 0 Å². The van der Waals surface area contributed by atoms with Crippen molar-refractivity contribution >= 4 is 11.9 Å². The number of carboxylic acid groups (broad SMARTS) is 2. The number of hydrogen-bond acceptors (Lipinski definition) is 6. The van der Waals surface area contributed by atoms with Crippen molar-refractivity contribution < 1.29 is 50.6 Å². The van der Waals surface area contributed by atoms with Gasteiger partial charge in [0.1, 0.15) is 5.76 Å². The molecule has 14 heteroatoms. The molecule has 8 nitrogen and oxygen atoms in total. The lowest BCUT2D eigenvalue weighted by Crippen LogP contribution is -2.41. The van der Waals surface area contributed by atoms with Gasteiger partial charge in [-0.3, -0.25) is 9.88 Å². The number of hydrogen-bond donors (Lipinski definition) is 3. The van der Waals surface area contributed by atoms with Gasteiger partial charge in [-0.1, -0.05) is 30.3 Å². The lowest BCUT2D eigenvalue weighted by atomic mass is 9.73. The molecule has 1 aliphatic heterocycles. The molecule has 1 spiro atoms.